The van der Waals surface area contributed by atoms with E-state index in [4.69, 9.17) is 16.3 Å². The van der Waals surface area contributed by atoms with E-state index in [2.05, 4.69) is 10.3 Å². The van der Waals surface area contributed by atoms with E-state index in [1.165, 1.54) is 12.1 Å². The van der Waals surface area contributed by atoms with Crippen molar-refractivity contribution in [2.75, 3.05) is 18.5 Å². The monoisotopic (exact) mass is 377 g/mol. The summed E-state index contributed by atoms with van der Waals surface area (Å²) >= 11 is 5.75. The number of hydrogen-bond donors (Lipinski definition) is 1. The maximum absolute atomic E-state index is 11.9. The summed E-state index contributed by atoms with van der Waals surface area (Å²) in [7, 11) is 0. The lowest BCUT2D eigenvalue weighted by Gasteiger charge is -2.07. The van der Waals surface area contributed by atoms with Gasteiger partial charge in [0.2, 0.25) is 0 Å². The van der Waals surface area contributed by atoms with Crippen molar-refractivity contribution in [1.82, 2.24) is 4.98 Å². The molecule has 0 radical (unpaired) electrons. The molecular formula is C17H16ClN3O5. The second-order valence-corrected chi connectivity index (χ2v) is 5.67. The predicted octanol–water partition coefficient (Wildman–Crippen LogP) is 3.26. The van der Waals surface area contributed by atoms with Crippen molar-refractivity contribution in [1.29, 1.82) is 0 Å². The number of hydrogen-bond acceptors (Lipinski definition) is 7. The molecule has 0 spiro atoms. The molecule has 0 unspecified atom stereocenters. The van der Waals surface area contributed by atoms with Crippen LogP contribution < -0.4 is 5.32 Å². The highest BCUT2D eigenvalue weighted by molar-refractivity contribution is 6.30. The first-order valence-electron chi connectivity index (χ1n) is 7.74. The lowest BCUT2D eigenvalue weighted by atomic mass is 10.1. The van der Waals surface area contributed by atoms with Gasteiger partial charge < -0.3 is 10.1 Å². The topological polar surface area (TPSA) is 111 Å². The van der Waals surface area contributed by atoms with Gasteiger partial charge in [0.25, 0.3) is 5.69 Å². The molecule has 0 saturated heterocycles. The molecule has 0 saturated carbocycles. The summed E-state index contributed by atoms with van der Waals surface area (Å²) in [6, 6.07) is 9.23. The zero-order chi connectivity index (χ0) is 18.9. The fraction of sp³-hybridized carbons (Fsp3) is 0.235. The zero-order valence-electron chi connectivity index (χ0n) is 13.7. The van der Waals surface area contributed by atoms with Crippen LogP contribution in [0.2, 0.25) is 5.02 Å². The van der Waals surface area contributed by atoms with Crippen LogP contribution in [0.1, 0.15) is 23.2 Å². The molecule has 2 rings (SSSR count). The molecule has 1 aromatic carbocycles. The number of pyridine rings is 1. The molecule has 136 valence electrons. The van der Waals surface area contributed by atoms with Crippen LogP contribution in [0, 0.1) is 10.1 Å². The quantitative estimate of drug-likeness (QED) is 0.234. The Hall–Kier alpha value is -3.00. The van der Waals surface area contributed by atoms with Gasteiger partial charge in [0.15, 0.2) is 5.78 Å². The van der Waals surface area contributed by atoms with E-state index in [0.29, 0.717) is 22.9 Å². The van der Waals surface area contributed by atoms with Gasteiger partial charge in [0.05, 0.1) is 17.9 Å². The minimum absolute atomic E-state index is 0.0166. The SMILES string of the molecule is O=C(CCC(=O)c1ccc(Cl)cc1)OCCNc1ccc([N+](=O)[O-])cn1. The Kier molecular flexibility index (Phi) is 7.04. The van der Waals surface area contributed by atoms with Gasteiger partial charge in [-0.1, -0.05) is 11.6 Å². The van der Waals surface area contributed by atoms with Crippen LogP contribution >= 0.6 is 11.6 Å². The number of esters is 1. The third-order valence-corrected chi connectivity index (χ3v) is 3.60. The van der Waals surface area contributed by atoms with Crippen LogP contribution in [0.15, 0.2) is 42.6 Å². The normalized spacial score (nSPS) is 10.2. The molecule has 26 heavy (non-hydrogen) atoms. The first-order valence-corrected chi connectivity index (χ1v) is 8.12. The minimum atomic E-state index is -0.538. The van der Waals surface area contributed by atoms with Crippen LogP contribution in [0.3, 0.4) is 0 Å². The summed E-state index contributed by atoms with van der Waals surface area (Å²) in [6.45, 7) is 0.383. The Morgan fingerprint density at radius 2 is 1.88 bits per heavy atom. The lowest BCUT2D eigenvalue weighted by Crippen LogP contribution is -2.15. The van der Waals surface area contributed by atoms with Crippen LogP contribution in [0.5, 0.6) is 0 Å². The number of ketones is 1. The Morgan fingerprint density at radius 3 is 2.50 bits per heavy atom. The van der Waals surface area contributed by atoms with E-state index < -0.39 is 10.9 Å². The van der Waals surface area contributed by atoms with Gasteiger partial charge in [-0.15, -0.1) is 0 Å². The third-order valence-electron chi connectivity index (χ3n) is 3.35. The van der Waals surface area contributed by atoms with Crippen molar-refractivity contribution in [3.05, 3.63) is 63.3 Å². The molecule has 0 fully saturated rings. The Balaban J connectivity index is 1.65. The summed E-state index contributed by atoms with van der Waals surface area (Å²) < 4.78 is 5.02. The fourth-order valence-electron chi connectivity index (χ4n) is 2.01. The van der Waals surface area contributed by atoms with E-state index in [1.807, 2.05) is 0 Å². The zero-order valence-corrected chi connectivity index (χ0v) is 14.4. The molecule has 2 aromatic rings. The van der Waals surface area contributed by atoms with Crippen LogP contribution in [-0.4, -0.2) is 34.8 Å². The van der Waals surface area contributed by atoms with Gasteiger partial charge in [-0.3, -0.25) is 19.7 Å². The van der Waals surface area contributed by atoms with Gasteiger partial charge in [-0.2, -0.15) is 0 Å². The highest BCUT2D eigenvalue weighted by atomic mass is 35.5. The van der Waals surface area contributed by atoms with Gasteiger partial charge in [0.1, 0.15) is 18.6 Å². The minimum Gasteiger partial charge on any atom is -0.464 e. The van der Waals surface area contributed by atoms with Crippen LogP contribution in [0.25, 0.3) is 0 Å². The maximum atomic E-state index is 11.9. The Bertz CT molecular complexity index is 778. The van der Waals surface area contributed by atoms with Crippen molar-refractivity contribution < 1.29 is 19.2 Å². The second kappa shape index (κ2) is 9.47. The van der Waals surface area contributed by atoms with Crippen molar-refractivity contribution in [3.63, 3.8) is 0 Å². The van der Waals surface area contributed by atoms with Gasteiger partial charge in [-0.25, -0.2) is 4.98 Å². The lowest BCUT2D eigenvalue weighted by molar-refractivity contribution is -0.385. The summed E-state index contributed by atoms with van der Waals surface area (Å²) in [5.41, 5.74) is 0.389. The highest BCUT2D eigenvalue weighted by Gasteiger charge is 2.10. The van der Waals surface area contributed by atoms with E-state index in [0.717, 1.165) is 6.20 Å². The number of aromatic nitrogens is 1. The molecular weight excluding hydrogens is 362 g/mol. The summed E-state index contributed by atoms with van der Waals surface area (Å²) in [5.74, 6) is -0.206. The van der Waals surface area contributed by atoms with E-state index in [9.17, 15) is 19.7 Å². The van der Waals surface area contributed by atoms with E-state index in [1.54, 1.807) is 24.3 Å². The first kappa shape index (κ1) is 19.3. The van der Waals surface area contributed by atoms with Crippen LogP contribution in [-0.2, 0) is 9.53 Å². The van der Waals surface area contributed by atoms with Crippen molar-refractivity contribution in [3.8, 4) is 0 Å². The molecule has 1 aromatic heterocycles. The average Bonchev–Trinajstić information content (AvgIpc) is 2.64. The molecule has 9 heteroatoms. The number of carbonyl (C=O) groups excluding carboxylic acids is 2. The smallest absolute Gasteiger partial charge is 0.306 e. The highest BCUT2D eigenvalue weighted by Crippen LogP contribution is 2.13. The van der Waals surface area contributed by atoms with Crippen LogP contribution in [0.4, 0.5) is 11.5 Å². The molecule has 0 atom stereocenters. The third kappa shape index (κ3) is 6.14. The molecule has 0 bridgehead atoms. The summed E-state index contributed by atoms with van der Waals surface area (Å²) in [6.07, 6.45) is 1.17. The number of nitrogens with one attached hydrogen (secondary N) is 1. The molecule has 8 nitrogen and oxygen atoms in total. The number of nitro groups is 1. The fourth-order valence-corrected chi connectivity index (χ4v) is 2.14. The van der Waals surface area contributed by atoms with Crippen molar-refractivity contribution in [2.24, 2.45) is 0 Å². The summed E-state index contributed by atoms with van der Waals surface area (Å²) in [4.78, 5) is 37.4. The number of benzene rings is 1. The standard InChI is InChI=1S/C17H16ClN3O5/c18-13-3-1-12(2-4-13)15(22)6-8-17(23)26-10-9-19-16-7-5-14(11-20-16)21(24)25/h1-5,7,11H,6,8-10H2,(H,19,20). The number of anilines is 1. The first-order chi connectivity index (χ1) is 12.5. The number of nitrogens with zero attached hydrogens (tertiary/aromatic N) is 2. The maximum Gasteiger partial charge on any atom is 0.306 e. The molecule has 0 aliphatic heterocycles. The molecule has 1 heterocycles. The number of rotatable bonds is 9. The van der Waals surface area contributed by atoms with E-state index >= 15 is 0 Å². The molecule has 1 N–H and O–H groups in total. The Morgan fingerprint density at radius 1 is 1.15 bits per heavy atom. The van der Waals surface area contributed by atoms with Crippen molar-refractivity contribution in [2.45, 2.75) is 12.8 Å². The van der Waals surface area contributed by atoms with Gasteiger partial charge in [-0.05, 0) is 30.3 Å². The summed E-state index contributed by atoms with van der Waals surface area (Å²) in [5, 5.41) is 13.9. The number of ether oxygens (including phenoxy) is 1. The number of halogens is 1. The molecule has 0 amide bonds. The van der Waals surface area contributed by atoms with Crippen molar-refractivity contribution >= 4 is 34.9 Å². The second-order valence-electron chi connectivity index (χ2n) is 5.24. The van der Waals surface area contributed by atoms with Gasteiger partial charge in [0, 0.05) is 23.1 Å². The predicted molar refractivity (Wildman–Crippen MR) is 95.4 cm³/mol. The Labute approximate surface area is 154 Å². The number of carbonyl (C=O) groups is 2. The van der Waals surface area contributed by atoms with Gasteiger partial charge >= 0.3 is 5.97 Å². The molecule has 0 aliphatic carbocycles. The van der Waals surface area contributed by atoms with E-state index in [-0.39, 0.29) is 30.9 Å². The number of Topliss-reactive ketones (excluding diaryl/α,β-unsaturated/α-hetero) is 1. The molecule has 0 aliphatic rings. The average molecular weight is 378 g/mol. The largest absolute Gasteiger partial charge is 0.464 e.